The van der Waals surface area contributed by atoms with Gasteiger partial charge in [0.1, 0.15) is 5.82 Å². The van der Waals surface area contributed by atoms with E-state index in [-0.39, 0.29) is 11.6 Å². The van der Waals surface area contributed by atoms with Crippen molar-refractivity contribution < 1.29 is 9.18 Å². The van der Waals surface area contributed by atoms with Crippen molar-refractivity contribution in [2.45, 2.75) is 0 Å². The molecule has 0 radical (unpaired) electrons. The van der Waals surface area contributed by atoms with E-state index in [1.165, 1.54) is 24.3 Å². The molecule has 21 heavy (non-hydrogen) atoms. The van der Waals surface area contributed by atoms with E-state index in [2.05, 4.69) is 4.98 Å². The van der Waals surface area contributed by atoms with Crippen LogP contribution in [-0.4, -0.2) is 10.8 Å². The summed E-state index contributed by atoms with van der Waals surface area (Å²) in [6.07, 6.45) is 3.36. The number of H-pyrrole nitrogens is 1. The van der Waals surface area contributed by atoms with Crippen LogP contribution < -0.4 is 0 Å². The molecule has 1 heterocycles. The zero-order chi connectivity index (χ0) is 14.8. The molecule has 3 aromatic rings. The highest BCUT2D eigenvalue weighted by Gasteiger charge is 2.17. The van der Waals surface area contributed by atoms with Crippen molar-refractivity contribution in [1.29, 1.82) is 0 Å². The van der Waals surface area contributed by atoms with E-state index in [0.717, 1.165) is 11.1 Å². The van der Waals surface area contributed by atoms with Gasteiger partial charge in [-0.25, -0.2) is 4.39 Å². The van der Waals surface area contributed by atoms with Crippen molar-refractivity contribution in [2.24, 2.45) is 0 Å². The van der Waals surface area contributed by atoms with E-state index in [1.807, 2.05) is 18.2 Å². The normalized spacial score (nSPS) is 10.6. The molecule has 0 atom stereocenters. The van der Waals surface area contributed by atoms with Crippen molar-refractivity contribution in [3.63, 3.8) is 0 Å². The average molecular weight is 300 g/mol. The Morgan fingerprint density at radius 2 is 1.67 bits per heavy atom. The predicted molar refractivity (Wildman–Crippen MR) is 81.1 cm³/mol. The Bertz CT molecular complexity index is 793. The van der Waals surface area contributed by atoms with E-state index >= 15 is 0 Å². The molecule has 0 saturated heterocycles. The number of nitrogens with one attached hydrogen (secondary N) is 1. The second kappa shape index (κ2) is 5.54. The summed E-state index contributed by atoms with van der Waals surface area (Å²) in [7, 11) is 0. The van der Waals surface area contributed by atoms with Crippen LogP contribution in [0, 0.1) is 5.82 Å². The molecule has 4 heteroatoms. The smallest absolute Gasteiger partial charge is 0.195 e. The van der Waals surface area contributed by atoms with Crippen LogP contribution in [-0.2, 0) is 0 Å². The maximum atomic E-state index is 13.0. The lowest BCUT2D eigenvalue weighted by molar-refractivity contribution is 0.103. The second-order valence-electron chi connectivity index (χ2n) is 4.60. The van der Waals surface area contributed by atoms with E-state index in [9.17, 15) is 9.18 Å². The van der Waals surface area contributed by atoms with Gasteiger partial charge in [-0.2, -0.15) is 0 Å². The Morgan fingerprint density at radius 1 is 0.952 bits per heavy atom. The molecule has 0 unspecified atom stereocenters. The Labute approximate surface area is 126 Å². The minimum absolute atomic E-state index is 0.175. The number of aromatic nitrogens is 1. The summed E-state index contributed by atoms with van der Waals surface area (Å²) < 4.78 is 13.0. The fourth-order valence-electron chi connectivity index (χ4n) is 2.21. The van der Waals surface area contributed by atoms with Gasteiger partial charge in [-0.3, -0.25) is 4.79 Å². The Balaban J connectivity index is 2.05. The minimum atomic E-state index is -0.369. The molecule has 1 aromatic heterocycles. The van der Waals surface area contributed by atoms with Crippen LogP contribution in [0.15, 0.2) is 60.9 Å². The number of halogens is 2. The van der Waals surface area contributed by atoms with Gasteiger partial charge in [-0.05, 0) is 30.3 Å². The summed E-state index contributed by atoms with van der Waals surface area (Å²) in [4.78, 5) is 15.5. The average Bonchev–Trinajstić information content (AvgIpc) is 2.97. The van der Waals surface area contributed by atoms with Gasteiger partial charge in [0.05, 0.1) is 0 Å². The number of hydrogen-bond donors (Lipinski definition) is 1. The number of aromatic amines is 1. The molecule has 0 amide bonds. The molecular weight excluding hydrogens is 289 g/mol. The zero-order valence-electron chi connectivity index (χ0n) is 10.9. The topological polar surface area (TPSA) is 32.9 Å². The number of ketones is 1. The number of carbonyl (C=O) groups excluding carboxylic acids is 1. The fraction of sp³-hybridized carbons (Fsp3) is 0. The lowest BCUT2D eigenvalue weighted by Gasteiger charge is -2.05. The van der Waals surface area contributed by atoms with E-state index in [1.54, 1.807) is 18.5 Å². The molecule has 0 spiro atoms. The summed E-state index contributed by atoms with van der Waals surface area (Å²) in [5.74, 6) is -0.543. The van der Waals surface area contributed by atoms with Crippen LogP contribution in [0.25, 0.3) is 11.1 Å². The molecule has 0 fully saturated rings. The number of rotatable bonds is 3. The highest BCUT2D eigenvalue weighted by molar-refractivity contribution is 6.33. The lowest BCUT2D eigenvalue weighted by atomic mass is 9.98. The molecule has 104 valence electrons. The maximum absolute atomic E-state index is 13.0. The van der Waals surface area contributed by atoms with Gasteiger partial charge in [-0.1, -0.05) is 29.8 Å². The molecule has 1 N–H and O–H groups in total. The highest BCUT2D eigenvalue weighted by atomic mass is 35.5. The fourth-order valence-corrected chi connectivity index (χ4v) is 2.45. The van der Waals surface area contributed by atoms with Crippen molar-refractivity contribution in [3.8, 4) is 11.1 Å². The second-order valence-corrected chi connectivity index (χ2v) is 5.01. The van der Waals surface area contributed by atoms with Gasteiger partial charge in [0.25, 0.3) is 0 Å². The number of carbonyl (C=O) groups is 1. The Hall–Kier alpha value is -2.39. The van der Waals surface area contributed by atoms with Crippen LogP contribution in [0.3, 0.4) is 0 Å². The van der Waals surface area contributed by atoms with Crippen molar-refractivity contribution in [2.75, 3.05) is 0 Å². The van der Waals surface area contributed by atoms with Gasteiger partial charge in [0, 0.05) is 39.7 Å². The van der Waals surface area contributed by atoms with Gasteiger partial charge >= 0.3 is 0 Å². The Kier molecular flexibility index (Phi) is 3.59. The predicted octanol–water partition coefficient (Wildman–Crippen LogP) is 4.71. The molecule has 0 aliphatic carbocycles. The van der Waals surface area contributed by atoms with Gasteiger partial charge in [0.15, 0.2) is 5.78 Å². The van der Waals surface area contributed by atoms with Crippen molar-refractivity contribution >= 4 is 17.4 Å². The maximum Gasteiger partial charge on any atom is 0.195 e. The largest absolute Gasteiger partial charge is 0.366 e. The minimum Gasteiger partial charge on any atom is -0.366 e. The SMILES string of the molecule is O=C(c1ccc(F)cc1)c1c[nH]cc1-c1ccccc1Cl. The van der Waals surface area contributed by atoms with Crippen LogP contribution >= 0.6 is 11.6 Å². The van der Waals surface area contributed by atoms with Crippen LogP contribution in [0.5, 0.6) is 0 Å². The van der Waals surface area contributed by atoms with E-state index < -0.39 is 0 Å². The molecule has 0 aliphatic heterocycles. The zero-order valence-corrected chi connectivity index (χ0v) is 11.7. The molecule has 2 nitrogen and oxygen atoms in total. The molecular formula is C17H11ClFNO. The first-order valence-corrected chi connectivity index (χ1v) is 6.76. The summed E-state index contributed by atoms with van der Waals surface area (Å²) in [6, 6.07) is 12.8. The first kappa shape index (κ1) is 13.6. The third-order valence-corrected chi connectivity index (χ3v) is 3.59. The van der Waals surface area contributed by atoms with E-state index in [0.29, 0.717) is 16.1 Å². The third kappa shape index (κ3) is 2.60. The highest BCUT2D eigenvalue weighted by Crippen LogP contribution is 2.31. The quantitative estimate of drug-likeness (QED) is 0.698. The lowest BCUT2D eigenvalue weighted by Crippen LogP contribution is -2.01. The van der Waals surface area contributed by atoms with Gasteiger partial charge in [-0.15, -0.1) is 0 Å². The van der Waals surface area contributed by atoms with Crippen molar-refractivity contribution in [1.82, 2.24) is 4.98 Å². The number of benzene rings is 2. The Morgan fingerprint density at radius 3 is 2.38 bits per heavy atom. The van der Waals surface area contributed by atoms with Crippen LogP contribution in [0.1, 0.15) is 15.9 Å². The van der Waals surface area contributed by atoms with Crippen LogP contribution in [0.2, 0.25) is 5.02 Å². The summed E-state index contributed by atoms with van der Waals surface area (Å²) in [6.45, 7) is 0. The van der Waals surface area contributed by atoms with Crippen molar-refractivity contribution in [3.05, 3.63) is 82.9 Å². The van der Waals surface area contributed by atoms with Gasteiger partial charge < -0.3 is 4.98 Å². The van der Waals surface area contributed by atoms with E-state index in [4.69, 9.17) is 11.6 Å². The summed E-state index contributed by atoms with van der Waals surface area (Å²) in [5, 5.41) is 0.574. The molecule has 0 saturated carbocycles. The monoisotopic (exact) mass is 299 g/mol. The first-order valence-electron chi connectivity index (χ1n) is 6.39. The molecule has 0 aliphatic rings. The molecule has 3 rings (SSSR count). The molecule has 2 aromatic carbocycles. The number of hydrogen-bond acceptors (Lipinski definition) is 1. The standard InChI is InChI=1S/C17H11ClFNO/c18-16-4-2-1-3-13(16)14-9-20-10-15(14)17(21)11-5-7-12(19)8-6-11/h1-10,20H. The molecule has 0 bridgehead atoms. The summed E-state index contributed by atoms with van der Waals surface area (Å²) >= 11 is 6.18. The third-order valence-electron chi connectivity index (χ3n) is 3.26. The van der Waals surface area contributed by atoms with Gasteiger partial charge in [0.2, 0.25) is 0 Å². The summed E-state index contributed by atoms with van der Waals surface area (Å²) in [5.41, 5.74) is 2.46. The first-order chi connectivity index (χ1) is 10.2. The van der Waals surface area contributed by atoms with Crippen LogP contribution in [0.4, 0.5) is 4.39 Å².